The third-order valence-electron chi connectivity index (χ3n) is 4.38. The molecule has 0 amide bonds. The van der Waals surface area contributed by atoms with Crippen molar-refractivity contribution in [3.05, 3.63) is 0 Å². The third kappa shape index (κ3) is 6.96. The number of carboxylic acids is 1. The van der Waals surface area contributed by atoms with Crippen LogP contribution >= 0.6 is 0 Å². The molecule has 4 nitrogen and oxygen atoms in total. The molecule has 0 saturated heterocycles. The van der Waals surface area contributed by atoms with Gasteiger partial charge in [-0.2, -0.15) is 0 Å². The quantitative estimate of drug-likeness (QED) is 0.485. The number of carbonyl (C=O) groups excluding carboxylic acids is 1. The Kier molecular flexibility index (Phi) is 9.11. The number of carboxylic acid groups (broad SMARTS) is 1. The standard InChI is InChI=1S/C17H30O4/c1-2-3-4-5-6-7-10-13-21-17(20)15-12-9-8-11-14(15)16(18)19/h14-15H,2-13H2,1H3,(H,18,19). The van der Waals surface area contributed by atoms with Gasteiger partial charge in [-0.05, 0) is 19.3 Å². The maximum atomic E-state index is 12.0. The van der Waals surface area contributed by atoms with Gasteiger partial charge in [0.25, 0.3) is 0 Å². The van der Waals surface area contributed by atoms with Crippen LogP contribution in [0.3, 0.4) is 0 Å². The van der Waals surface area contributed by atoms with Crippen LogP contribution in [-0.4, -0.2) is 23.7 Å². The minimum absolute atomic E-state index is 0.298. The van der Waals surface area contributed by atoms with E-state index in [0.717, 1.165) is 25.7 Å². The van der Waals surface area contributed by atoms with Crippen LogP contribution in [0.15, 0.2) is 0 Å². The van der Waals surface area contributed by atoms with Gasteiger partial charge < -0.3 is 9.84 Å². The van der Waals surface area contributed by atoms with Gasteiger partial charge in [-0.1, -0.05) is 58.3 Å². The molecule has 0 aliphatic heterocycles. The van der Waals surface area contributed by atoms with Crippen LogP contribution < -0.4 is 0 Å². The Labute approximate surface area is 128 Å². The zero-order chi connectivity index (χ0) is 15.5. The molecule has 4 heteroatoms. The van der Waals surface area contributed by atoms with Gasteiger partial charge in [-0.25, -0.2) is 0 Å². The number of carbonyl (C=O) groups is 2. The number of esters is 1. The van der Waals surface area contributed by atoms with Crippen LogP contribution in [0, 0.1) is 11.8 Å². The first-order valence-corrected chi connectivity index (χ1v) is 8.56. The lowest BCUT2D eigenvalue weighted by Crippen LogP contribution is -2.33. The molecule has 1 saturated carbocycles. The summed E-state index contributed by atoms with van der Waals surface area (Å²) in [7, 11) is 0. The highest BCUT2D eigenvalue weighted by atomic mass is 16.5. The molecule has 1 rings (SSSR count). The van der Waals surface area contributed by atoms with E-state index >= 15 is 0 Å². The predicted octanol–water partition coefficient (Wildman–Crippen LogP) is 4.17. The molecular formula is C17H30O4. The average molecular weight is 298 g/mol. The summed E-state index contributed by atoms with van der Waals surface area (Å²) in [4.78, 5) is 23.2. The van der Waals surface area contributed by atoms with Crippen molar-refractivity contribution in [2.75, 3.05) is 6.61 Å². The first-order chi connectivity index (χ1) is 10.2. The Balaban J connectivity index is 2.13. The van der Waals surface area contributed by atoms with E-state index in [2.05, 4.69) is 6.92 Å². The summed E-state index contributed by atoms with van der Waals surface area (Å²) in [5.74, 6) is -2.12. The van der Waals surface area contributed by atoms with Crippen LogP contribution in [0.25, 0.3) is 0 Å². The van der Waals surface area contributed by atoms with E-state index in [0.29, 0.717) is 19.4 Å². The van der Waals surface area contributed by atoms with E-state index in [-0.39, 0.29) is 5.97 Å². The molecule has 0 aromatic rings. The first-order valence-electron chi connectivity index (χ1n) is 8.56. The highest BCUT2D eigenvalue weighted by molar-refractivity contribution is 5.81. The van der Waals surface area contributed by atoms with Gasteiger partial charge in [0, 0.05) is 0 Å². The van der Waals surface area contributed by atoms with Crippen molar-refractivity contribution in [3.63, 3.8) is 0 Å². The molecule has 1 aliphatic carbocycles. The minimum Gasteiger partial charge on any atom is -0.481 e. The van der Waals surface area contributed by atoms with E-state index < -0.39 is 17.8 Å². The first kappa shape index (κ1) is 18.0. The Hall–Kier alpha value is -1.06. The van der Waals surface area contributed by atoms with Crippen LogP contribution in [-0.2, 0) is 14.3 Å². The number of unbranched alkanes of at least 4 members (excludes halogenated alkanes) is 6. The smallest absolute Gasteiger partial charge is 0.309 e. The largest absolute Gasteiger partial charge is 0.481 e. The van der Waals surface area contributed by atoms with E-state index in [1.807, 2.05) is 0 Å². The molecule has 1 fully saturated rings. The summed E-state index contributed by atoms with van der Waals surface area (Å²) >= 11 is 0. The molecule has 0 spiro atoms. The van der Waals surface area contributed by atoms with Crippen molar-refractivity contribution in [1.29, 1.82) is 0 Å². The lowest BCUT2D eigenvalue weighted by atomic mass is 9.79. The van der Waals surface area contributed by atoms with Crippen LogP contribution in [0.2, 0.25) is 0 Å². The Morgan fingerprint density at radius 1 is 0.952 bits per heavy atom. The summed E-state index contributed by atoms with van der Waals surface area (Å²) in [6, 6.07) is 0. The van der Waals surface area contributed by atoms with Crippen LogP contribution in [0.1, 0.15) is 77.6 Å². The van der Waals surface area contributed by atoms with Gasteiger partial charge in [0.05, 0.1) is 18.4 Å². The second-order valence-electron chi connectivity index (χ2n) is 6.12. The van der Waals surface area contributed by atoms with Crippen molar-refractivity contribution in [3.8, 4) is 0 Å². The fraction of sp³-hybridized carbons (Fsp3) is 0.882. The van der Waals surface area contributed by atoms with E-state index in [9.17, 15) is 9.59 Å². The molecule has 0 aromatic carbocycles. The minimum atomic E-state index is -0.854. The van der Waals surface area contributed by atoms with Crippen molar-refractivity contribution in [1.82, 2.24) is 0 Å². The molecule has 2 unspecified atom stereocenters. The molecular weight excluding hydrogens is 268 g/mol. The number of hydrogen-bond donors (Lipinski definition) is 1. The van der Waals surface area contributed by atoms with E-state index in [1.54, 1.807) is 0 Å². The van der Waals surface area contributed by atoms with Crippen molar-refractivity contribution < 1.29 is 19.4 Å². The Bertz CT molecular complexity index is 314. The number of aliphatic carboxylic acids is 1. The van der Waals surface area contributed by atoms with Gasteiger partial charge in [-0.15, -0.1) is 0 Å². The van der Waals surface area contributed by atoms with Crippen LogP contribution in [0.5, 0.6) is 0 Å². The summed E-state index contributed by atoms with van der Waals surface area (Å²) in [5.41, 5.74) is 0. The SMILES string of the molecule is CCCCCCCCCOC(=O)C1CCCCC1C(=O)O. The Morgan fingerprint density at radius 2 is 1.52 bits per heavy atom. The van der Waals surface area contributed by atoms with Gasteiger partial charge in [0.1, 0.15) is 0 Å². The maximum Gasteiger partial charge on any atom is 0.309 e. The number of hydrogen-bond acceptors (Lipinski definition) is 3. The summed E-state index contributed by atoms with van der Waals surface area (Å²) < 4.78 is 5.29. The van der Waals surface area contributed by atoms with Gasteiger partial charge in [0.15, 0.2) is 0 Å². The number of ether oxygens (including phenoxy) is 1. The molecule has 0 radical (unpaired) electrons. The molecule has 0 heterocycles. The summed E-state index contributed by atoms with van der Waals surface area (Å²) in [5, 5.41) is 9.16. The second kappa shape index (κ2) is 10.6. The molecule has 21 heavy (non-hydrogen) atoms. The zero-order valence-electron chi connectivity index (χ0n) is 13.3. The second-order valence-corrected chi connectivity index (χ2v) is 6.12. The van der Waals surface area contributed by atoms with Crippen molar-refractivity contribution in [2.24, 2.45) is 11.8 Å². The molecule has 0 bridgehead atoms. The van der Waals surface area contributed by atoms with E-state index in [1.165, 1.54) is 32.1 Å². The third-order valence-corrected chi connectivity index (χ3v) is 4.38. The van der Waals surface area contributed by atoms with Crippen LogP contribution in [0.4, 0.5) is 0 Å². The van der Waals surface area contributed by atoms with Crippen molar-refractivity contribution >= 4 is 11.9 Å². The van der Waals surface area contributed by atoms with Crippen molar-refractivity contribution in [2.45, 2.75) is 77.6 Å². The van der Waals surface area contributed by atoms with Gasteiger partial charge in [0.2, 0.25) is 0 Å². The average Bonchev–Trinajstić information content (AvgIpc) is 2.49. The molecule has 1 aliphatic rings. The Morgan fingerprint density at radius 3 is 2.14 bits per heavy atom. The molecule has 0 aromatic heterocycles. The zero-order valence-corrected chi connectivity index (χ0v) is 13.3. The fourth-order valence-corrected chi connectivity index (χ4v) is 3.05. The summed E-state index contributed by atoms with van der Waals surface area (Å²) in [6.45, 7) is 2.64. The summed E-state index contributed by atoms with van der Waals surface area (Å²) in [6.07, 6.45) is 11.4. The van der Waals surface area contributed by atoms with Gasteiger partial charge in [-0.3, -0.25) is 9.59 Å². The van der Waals surface area contributed by atoms with E-state index in [4.69, 9.17) is 9.84 Å². The topological polar surface area (TPSA) is 63.6 Å². The molecule has 1 N–H and O–H groups in total. The predicted molar refractivity (Wildman–Crippen MR) is 82.0 cm³/mol. The maximum absolute atomic E-state index is 12.0. The fourth-order valence-electron chi connectivity index (χ4n) is 3.05. The normalized spacial score (nSPS) is 22.0. The van der Waals surface area contributed by atoms with Gasteiger partial charge >= 0.3 is 11.9 Å². The monoisotopic (exact) mass is 298 g/mol. The lowest BCUT2D eigenvalue weighted by Gasteiger charge is -2.26. The lowest BCUT2D eigenvalue weighted by molar-refractivity contribution is -0.159. The highest BCUT2D eigenvalue weighted by Crippen LogP contribution is 2.31. The molecule has 2 atom stereocenters. The highest BCUT2D eigenvalue weighted by Gasteiger charge is 2.36. The molecule has 122 valence electrons. The number of rotatable bonds is 10.